The number of hydrogen-bond donors (Lipinski definition) is 2. The van der Waals surface area contributed by atoms with Gasteiger partial charge in [-0.3, -0.25) is 9.59 Å². The lowest BCUT2D eigenvalue weighted by molar-refractivity contribution is -0.142. The minimum atomic E-state index is -0.264. The van der Waals surface area contributed by atoms with Crippen LogP contribution in [0.4, 0.5) is 0 Å². The number of hydrogen-bond acceptors (Lipinski definition) is 3. The van der Waals surface area contributed by atoms with Gasteiger partial charge in [0.15, 0.2) is 0 Å². The van der Waals surface area contributed by atoms with Crippen molar-refractivity contribution in [1.82, 2.24) is 15.5 Å². The predicted octanol–water partition coefficient (Wildman–Crippen LogP) is 1.63. The second-order valence-electron chi connectivity index (χ2n) is 5.88. The van der Waals surface area contributed by atoms with E-state index in [9.17, 15) is 9.59 Å². The van der Waals surface area contributed by atoms with E-state index in [4.69, 9.17) is 0 Å². The van der Waals surface area contributed by atoms with Crippen molar-refractivity contribution in [1.29, 1.82) is 0 Å². The maximum absolute atomic E-state index is 12.4. The van der Waals surface area contributed by atoms with Crippen LogP contribution >= 0.6 is 12.4 Å². The largest absolute Gasteiger partial charge is 0.351 e. The molecule has 2 amide bonds. The maximum Gasteiger partial charge on any atom is 0.243 e. The third-order valence-electron chi connectivity index (χ3n) is 4.24. The van der Waals surface area contributed by atoms with Gasteiger partial charge in [0, 0.05) is 26.1 Å². The Morgan fingerprint density at radius 1 is 1.41 bits per heavy atom. The molecule has 1 atom stereocenters. The fourth-order valence-corrected chi connectivity index (χ4v) is 3.01. The summed E-state index contributed by atoms with van der Waals surface area (Å²) in [4.78, 5) is 26.3. The van der Waals surface area contributed by atoms with Gasteiger partial charge in [0.05, 0.1) is 0 Å². The second kappa shape index (κ2) is 9.85. The van der Waals surface area contributed by atoms with E-state index < -0.39 is 0 Å². The fraction of sp³-hybridized carbons (Fsp3) is 0.750. The summed E-state index contributed by atoms with van der Waals surface area (Å²) in [6.07, 6.45) is 7.34. The smallest absolute Gasteiger partial charge is 0.243 e. The molecule has 2 heterocycles. The first-order valence-electron chi connectivity index (χ1n) is 8.18. The van der Waals surface area contributed by atoms with E-state index in [-0.39, 0.29) is 30.3 Å². The Morgan fingerprint density at radius 3 is 2.91 bits per heavy atom. The van der Waals surface area contributed by atoms with Gasteiger partial charge in [0.25, 0.3) is 0 Å². The summed E-state index contributed by atoms with van der Waals surface area (Å²) in [5.41, 5.74) is 1.28. The Morgan fingerprint density at radius 2 is 2.23 bits per heavy atom. The molecule has 0 aromatic rings. The minimum absolute atomic E-state index is 0. The molecule has 0 aromatic heterocycles. The molecule has 5 nitrogen and oxygen atoms in total. The highest BCUT2D eigenvalue weighted by atomic mass is 35.5. The number of carbonyl (C=O) groups excluding carboxylic acids is 2. The van der Waals surface area contributed by atoms with Crippen LogP contribution in [-0.2, 0) is 9.59 Å². The molecular formula is C16H28ClN3O2. The summed E-state index contributed by atoms with van der Waals surface area (Å²) in [6.45, 7) is 5.21. The monoisotopic (exact) mass is 329 g/mol. The van der Waals surface area contributed by atoms with Gasteiger partial charge in [0.2, 0.25) is 11.8 Å². The molecule has 0 saturated carbocycles. The van der Waals surface area contributed by atoms with Crippen LogP contribution in [0.3, 0.4) is 0 Å². The first-order valence-corrected chi connectivity index (χ1v) is 8.18. The standard InChI is InChI=1S/C16H27N3O2.ClH/c1-2-5-15(20)19-11-4-3-6-14(19)16(21)18-12-13-7-9-17-10-8-13;/h7,14,17H,2-6,8-12H2,1H3,(H,18,21);1H. The zero-order valence-electron chi connectivity index (χ0n) is 13.4. The highest BCUT2D eigenvalue weighted by Crippen LogP contribution is 2.18. The molecule has 2 aliphatic rings. The summed E-state index contributed by atoms with van der Waals surface area (Å²) in [5, 5.41) is 6.28. The average Bonchev–Trinajstić information content (AvgIpc) is 2.54. The molecule has 1 unspecified atom stereocenters. The number of piperidine rings is 1. The van der Waals surface area contributed by atoms with Crippen molar-refractivity contribution < 1.29 is 9.59 Å². The van der Waals surface area contributed by atoms with E-state index in [1.54, 1.807) is 4.90 Å². The number of nitrogens with one attached hydrogen (secondary N) is 2. The molecule has 2 rings (SSSR count). The average molecular weight is 330 g/mol. The molecular weight excluding hydrogens is 302 g/mol. The van der Waals surface area contributed by atoms with Crippen LogP contribution in [0, 0.1) is 0 Å². The predicted molar refractivity (Wildman–Crippen MR) is 90.1 cm³/mol. The van der Waals surface area contributed by atoms with Gasteiger partial charge >= 0.3 is 0 Å². The number of rotatable bonds is 5. The van der Waals surface area contributed by atoms with Gasteiger partial charge in [-0.25, -0.2) is 0 Å². The third kappa shape index (κ3) is 5.29. The molecule has 6 heteroatoms. The highest BCUT2D eigenvalue weighted by Gasteiger charge is 2.31. The summed E-state index contributed by atoms with van der Waals surface area (Å²) >= 11 is 0. The Kier molecular flexibility index (Phi) is 8.49. The Balaban J connectivity index is 0.00000242. The van der Waals surface area contributed by atoms with Gasteiger partial charge < -0.3 is 15.5 Å². The van der Waals surface area contributed by atoms with Crippen LogP contribution in [0.15, 0.2) is 11.6 Å². The van der Waals surface area contributed by atoms with Crippen molar-refractivity contribution in [3.8, 4) is 0 Å². The van der Waals surface area contributed by atoms with Crippen molar-refractivity contribution in [2.45, 2.75) is 51.5 Å². The highest BCUT2D eigenvalue weighted by molar-refractivity contribution is 5.88. The molecule has 1 fully saturated rings. The van der Waals surface area contributed by atoms with Gasteiger partial charge in [-0.15, -0.1) is 12.4 Å². The van der Waals surface area contributed by atoms with Crippen LogP contribution in [0.1, 0.15) is 45.4 Å². The molecule has 22 heavy (non-hydrogen) atoms. The zero-order chi connectivity index (χ0) is 15.1. The molecule has 2 N–H and O–H groups in total. The molecule has 0 radical (unpaired) electrons. The lowest BCUT2D eigenvalue weighted by atomic mass is 10.0. The van der Waals surface area contributed by atoms with Gasteiger partial charge in [0.1, 0.15) is 6.04 Å². The molecule has 1 saturated heterocycles. The van der Waals surface area contributed by atoms with Crippen molar-refractivity contribution in [2.24, 2.45) is 0 Å². The van der Waals surface area contributed by atoms with Gasteiger partial charge in [-0.2, -0.15) is 0 Å². The van der Waals surface area contributed by atoms with Crippen molar-refractivity contribution in [3.05, 3.63) is 11.6 Å². The fourth-order valence-electron chi connectivity index (χ4n) is 3.01. The minimum Gasteiger partial charge on any atom is -0.351 e. The summed E-state index contributed by atoms with van der Waals surface area (Å²) in [6, 6.07) is -0.264. The van der Waals surface area contributed by atoms with Crippen LogP contribution in [0.2, 0.25) is 0 Å². The van der Waals surface area contributed by atoms with E-state index in [0.29, 0.717) is 13.0 Å². The Bertz CT molecular complexity index is 412. The number of carbonyl (C=O) groups is 2. The topological polar surface area (TPSA) is 61.4 Å². The van der Waals surface area contributed by atoms with Crippen LogP contribution < -0.4 is 10.6 Å². The Labute approximate surface area is 139 Å². The van der Waals surface area contributed by atoms with Gasteiger partial charge in [-0.05, 0) is 38.6 Å². The SMILES string of the molecule is CCCC(=O)N1CCCCC1C(=O)NCC1=CCNCC1.Cl. The van der Waals surface area contributed by atoms with Gasteiger partial charge in [-0.1, -0.05) is 18.6 Å². The second-order valence-corrected chi connectivity index (χ2v) is 5.88. The lowest BCUT2D eigenvalue weighted by Gasteiger charge is -2.35. The number of likely N-dealkylation sites (tertiary alicyclic amines) is 1. The number of halogens is 1. The molecule has 2 aliphatic heterocycles. The summed E-state index contributed by atoms with van der Waals surface area (Å²) in [7, 11) is 0. The van der Waals surface area contributed by atoms with E-state index in [0.717, 1.165) is 51.7 Å². The molecule has 0 bridgehead atoms. The molecule has 0 aromatic carbocycles. The van der Waals surface area contributed by atoms with Crippen LogP contribution in [0.25, 0.3) is 0 Å². The zero-order valence-corrected chi connectivity index (χ0v) is 14.2. The molecule has 0 aliphatic carbocycles. The third-order valence-corrected chi connectivity index (χ3v) is 4.24. The van der Waals surface area contributed by atoms with Crippen molar-refractivity contribution >= 4 is 24.2 Å². The van der Waals surface area contributed by atoms with E-state index in [1.165, 1.54) is 5.57 Å². The van der Waals surface area contributed by atoms with E-state index in [2.05, 4.69) is 16.7 Å². The number of amides is 2. The quantitative estimate of drug-likeness (QED) is 0.754. The van der Waals surface area contributed by atoms with Crippen molar-refractivity contribution in [2.75, 3.05) is 26.2 Å². The number of nitrogens with zero attached hydrogens (tertiary/aromatic N) is 1. The Hall–Kier alpha value is -1.07. The van der Waals surface area contributed by atoms with E-state index in [1.807, 2.05) is 6.92 Å². The first kappa shape index (κ1) is 19.0. The summed E-state index contributed by atoms with van der Waals surface area (Å²) < 4.78 is 0. The first-order chi connectivity index (χ1) is 10.2. The summed E-state index contributed by atoms with van der Waals surface area (Å²) in [5.74, 6) is 0.136. The molecule has 126 valence electrons. The molecule has 0 spiro atoms. The maximum atomic E-state index is 12.4. The van der Waals surface area contributed by atoms with E-state index >= 15 is 0 Å². The lowest BCUT2D eigenvalue weighted by Crippen LogP contribution is -2.52. The van der Waals surface area contributed by atoms with Crippen LogP contribution in [-0.4, -0.2) is 48.9 Å². The normalized spacial score (nSPS) is 21.6. The van der Waals surface area contributed by atoms with Crippen LogP contribution in [0.5, 0.6) is 0 Å². The van der Waals surface area contributed by atoms with Crippen molar-refractivity contribution in [3.63, 3.8) is 0 Å².